The van der Waals surface area contributed by atoms with Gasteiger partial charge >= 0.3 is 0 Å². The summed E-state index contributed by atoms with van der Waals surface area (Å²) in [7, 11) is -3.55. The molecule has 0 saturated carbocycles. The van der Waals surface area contributed by atoms with Crippen molar-refractivity contribution in [2.24, 2.45) is 0 Å². The Kier molecular flexibility index (Phi) is 3.61. The molecule has 3 aromatic rings. The van der Waals surface area contributed by atoms with E-state index in [1.54, 1.807) is 24.4 Å². The van der Waals surface area contributed by atoms with Crippen LogP contribution in [0.15, 0.2) is 47.8 Å². The largest absolute Gasteiger partial charge is 0.321 e. The third-order valence-electron chi connectivity index (χ3n) is 4.42. The van der Waals surface area contributed by atoms with Crippen LogP contribution in [0.1, 0.15) is 28.0 Å². The van der Waals surface area contributed by atoms with Crippen LogP contribution in [0.4, 0.5) is 5.69 Å². The average Bonchev–Trinajstić information content (AvgIpc) is 3.18. The van der Waals surface area contributed by atoms with Gasteiger partial charge in [-0.1, -0.05) is 12.1 Å². The molecule has 7 heteroatoms. The fourth-order valence-electron chi connectivity index (χ4n) is 3.28. The average molecular weight is 355 g/mol. The molecular formula is C18H17N3O3S. The third-order valence-corrected chi connectivity index (χ3v) is 5.37. The van der Waals surface area contributed by atoms with Gasteiger partial charge in [0.05, 0.1) is 5.52 Å². The van der Waals surface area contributed by atoms with Gasteiger partial charge in [0.25, 0.3) is 5.91 Å². The molecule has 25 heavy (non-hydrogen) atoms. The van der Waals surface area contributed by atoms with Gasteiger partial charge in [0.1, 0.15) is 0 Å². The lowest BCUT2D eigenvalue weighted by molar-refractivity contribution is 0.102. The van der Waals surface area contributed by atoms with E-state index in [0.29, 0.717) is 11.2 Å². The molecule has 1 aliphatic carbocycles. The molecule has 0 bridgehead atoms. The molecule has 1 amide bonds. The van der Waals surface area contributed by atoms with Crippen LogP contribution in [0.5, 0.6) is 0 Å². The van der Waals surface area contributed by atoms with Gasteiger partial charge in [-0.25, -0.2) is 13.4 Å². The fourth-order valence-corrected chi connectivity index (χ4v) is 4.05. The molecule has 0 aliphatic heterocycles. The summed E-state index contributed by atoms with van der Waals surface area (Å²) in [6, 6.07) is 11.0. The third kappa shape index (κ3) is 2.80. The van der Waals surface area contributed by atoms with Crippen molar-refractivity contribution in [3.63, 3.8) is 0 Å². The van der Waals surface area contributed by atoms with E-state index in [9.17, 15) is 13.2 Å². The fraction of sp³-hybridized carbons (Fsp3) is 0.222. The van der Waals surface area contributed by atoms with Crippen molar-refractivity contribution in [2.45, 2.75) is 24.4 Å². The Balaban J connectivity index is 1.73. The first kappa shape index (κ1) is 15.8. The summed E-state index contributed by atoms with van der Waals surface area (Å²) in [6.07, 6.45) is 5.90. The maximum Gasteiger partial charge on any atom is 0.276 e. The maximum absolute atomic E-state index is 12.7. The SMILES string of the molecule is CS(=O)(=O)c1nc(C(=O)Nc2ccc3c(c2)CCC3)c2ccccn12. The smallest absolute Gasteiger partial charge is 0.276 e. The van der Waals surface area contributed by atoms with Crippen LogP contribution in [0, 0.1) is 0 Å². The van der Waals surface area contributed by atoms with Crippen LogP contribution >= 0.6 is 0 Å². The van der Waals surface area contributed by atoms with E-state index in [2.05, 4.69) is 10.3 Å². The quantitative estimate of drug-likeness (QED) is 0.783. The second-order valence-electron chi connectivity index (χ2n) is 6.26. The van der Waals surface area contributed by atoms with E-state index < -0.39 is 15.7 Å². The highest BCUT2D eigenvalue weighted by Gasteiger charge is 2.23. The van der Waals surface area contributed by atoms with Crippen molar-refractivity contribution in [3.8, 4) is 0 Å². The van der Waals surface area contributed by atoms with Crippen molar-refractivity contribution in [2.75, 3.05) is 11.6 Å². The lowest BCUT2D eigenvalue weighted by atomic mass is 10.1. The van der Waals surface area contributed by atoms with Gasteiger partial charge in [0, 0.05) is 18.1 Å². The van der Waals surface area contributed by atoms with Crippen LogP contribution < -0.4 is 5.32 Å². The van der Waals surface area contributed by atoms with Crippen LogP contribution in [-0.4, -0.2) is 30.0 Å². The second kappa shape index (κ2) is 5.70. The number of rotatable bonds is 3. The molecule has 4 rings (SSSR count). The molecule has 0 unspecified atom stereocenters. The molecule has 0 fully saturated rings. The molecule has 1 aliphatic rings. The van der Waals surface area contributed by atoms with Crippen molar-refractivity contribution in [1.82, 2.24) is 9.38 Å². The summed E-state index contributed by atoms with van der Waals surface area (Å²) in [5, 5.41) is 2.70. The number of imidazole rings is 1. The Morgan fingerprint density at radius 1 is 1.16 bits per heavy atom. The number of aryl methyl sites for hydroxylation is 2. The normalized spacial score (nSPS) is 13.8. The number of anilines is 1. The van der Waals surface area contributed by atoms with E-state index in [1.165, 1.54) is 15.5 Å². The number of carbonyl (C=O) groups excluding carboxylic acids is 1. The first-order valence-electron chi connectivity index (χ1n) is 8.04. The number of benzene rings is 1. The minimum absolute atomic E-state index is 0.0986. The van der Waals surface area contributed by atoms with Crippen LogP contribution in [0.2, 0.25) is 0 Å². The molecule has 0 atom stereocenters. The second-order valence-corrected chi connectivity index (χ2v) is 8.17. The monoisotopic (exact) mass is 355 g/mol. The number of sulfone groups is 1. The number of nitrogens with zero attached hydrogens (tertiary/aromatic N) is 2. The highest BCUT2D eigenvalue weighted by atomic mass is 32.2. The van der Waals surface area contributed by atoms with Crippen LogP contribution in [-0.2, 0) is 22.7 Å². The number of hydrogen-bond donors (Lipinski definition) is 1. The minimum Gasteiger partial charge on any atom is -0.321 e. The molecule has 128 valence electrons. The standard InChI is InChI=1S/C18H17N3O3S/c1-25(23,24)18-20-16(15-7-2-3-10-21(15)18)17(22)19-14-9-8-12-5-4-6-13(12)11-14/h2-3,7-11H,4-6H2,1H3,(H,19,22). The van der Waals surface area contributed by atoms with Crippen LogP contribution in [0.25, 0.3) is 5.52 Å². The van der Waals surface area contributed by atoms with Gasteiger partial charge in [0.2, 0.25) is 15.0 Å². The Morgan fingerprint density at radius 2 is 1.96 bits per heavy atom. The van der Waals surface area contributed by atoms with Gasteiger partial charge in [-0.3, -0.25) is 9.20 Å². The molecule has 0 radical (unpaired) electrons. The topological polar surface area (TPSA) is 80.5 Å². The van der Waals surface area contributed by atoms with Gasteiger partial charge in [-0.2, -0.15) is 0 Å². The lowest BCUT2D eigenvalue weighted by Crippen LogP contribution is -2.13. The summed E-state index contributed by atoms with van der Waals surface area (Å²) in [6.45, 7) is 0. The zero-order valence-corrected chi connectivity index (χ0v) is 14.5. The highest BCUT2D eigenvalue weighted by Crippen LogP contribution is 2.25. The summed E-state index contributed by atoms with van der Waals surface area (Å²) in [5.41, 5.74) is 3.83. The van der Waals surface area contributed by atoms with E-state index in [0.717, 1.165) is 25.5 Å². The minimum atomic E-state index is -3.55. The summed E-state index contributed by atoms with van der Waals surface area (Å²) in [4.78, 5) is 16.8. The molecule has 0 saturated heterocycles. The van der Waals surface area contributed by atoms with Gasteiger partial charge < -0.3 is 5.32 Å². The van der Waals surface area contributed by atoms with Crippen LogP contribution in [0.3, 0.4) is 0 Å². The van der Waals surface area contributed by atoms with E-state index >= 15 is 0 Å². The van der Waals surface area contributed by atoms with Crippen molar-refractivity contribution in [1.29, 1.82) is 0 Å². The Hall–Kier alpha value is -2.67. The predicted molar refractivity (Wildman–Crippen MR) is 94.7 cm³/mol. The zero-order chi connectivity index (χ0) is 17.6. The predicted octanol–water partition coefficient (Wildman–Crippen LogP) is 2.48. The molecule has 1 N–H and O–H groups in total. The van der Waals surface area contributed by atoms with Crippen molar-refractivity contribution in [3.05, 3.63) is 59.4 Å². The number of aromatic nitrogens is 2. The molecular weight excluding hydrogens is 338 g/mol. The van der Waals surface area contributed by atoms with Gasteiger partial charge in [-0.05, 0) is 54.7 Å². The van der Waals surface area contributed by atoms with Crippen molar-refractivity contribution >= 4 is 26.9 Å². The molecule has 0 spiro atoms. The summed E-state index contributed by atoms with van der Waals surface area (Å²) < 4.78 is 25.3. The van der Waals surface area contributed by atoms with Crippen molar-refractivity contribution < 1.29 is 13.2 Å². The number of nitrogens with one attached hydrogen (secondary N) is 1. The molecule has 6 nitrogen and oxygen atoms in total. The first-order chi connectivity index (χ1) is 11.9. The van der Waals surface area contributed by atoms with E-state index in [-0.39, 0.29) is 10.9 Å². The Morgan fingerprint density at radius 3 is 2.76 bits per heavy atom. The number of hydrogen-bond acceptors (Lipinski definition) is 4. The molecule has 2 aromatic heterocycles. The molecule has 1 aromatic carbocycles. The maximum atomic E-state index is 12.7. The number of fused-ring (bicyclic) bond motifs is 2. The zero-order valence-electron chi connectivity index (χ0n) is 13.7. The van der Waals surface area contributed by atoms with E-state index in [4.69, 9.17) is 0 Å². The summed E-state index contributed by atoms with van der Waals surface area (Å²) >= 11 is 0. The molecule has 2 heterocycles. The Bertz CT molecular complexity index is 1100. The van der Waals surface area contributed by atoms with Gasteiger partial charge in [-0.15, -0.1) is 0 Å². The number of amides is 1. The first-order valence-corrected chi connectivity index (χ1v) is 9.93. The Labute approximate surface area is 145 Å². The van der Waals surface area contributed by atoms with Gasteiger partial charge in [0.15, 0.2) is 5.69 Å². The lowest BCUT2D eigenvalue weighted by Gasteiger charge is -2.06. The number of carbonyl (C=O) groups is 1. The highest BCUT2D eigenvalue weighted by molar-refractivity contribution is 7.90. The number of pyridine rings is 1. The van der Waals surface area contributed by atoms with E-state index in [1.807, 2.05) is 18.2 Å². The summed E-state index contributed by atoms with van der Waals surface area (Å²) in [5.74, 6) is -0.420.